The van der Waals surface area contributed by atoms with Crippen molar-refractivity contribution in [3.05, 3.63) is 52.6 Å². The summed E-state index contributed by atoms with van der Waals surface area (Å²) < 4.78 is 15.4. The summed E-state index contributed by atoms with van der Waals surface area (Å²) >= 11 is 5.69. The van der Waals surface area contributed by atoms with Gasteiger partial charge < -0.3 is 5.11 Å². The van der Waals surface area contributed by atoms with Crippen molar-refractivity contribution in [3.8, 4) is 0 Å². The topological polar surface area (TPSA) is 38.0 Å². The molecule has 18 heavy (non-hydrogen) atoms. The Kier molecular flexibility index (Phi) is 3.68. The molecule has 0 spiro atoms. The van der Waals surface area contributed by atoms with E-state index in [2.05, 4.69) is 5.10 Å². The lowest BCUT2D eigenvalue weighted by molar-refractivity contribution is 0.200. The first-order valence-corrected chi connectivity index (χ1v) is 6.05. The van der Waals surface area contributed by atoms with Crippen LogP contribution in [0.2, 0.25) is 5.02 Å². The first-order valence-electron chi connectivity index (χ1n) is 5.67. The Bertz CT molecular complexity index is 554. The highest BCUT2D eigenvalue weighted by Crippen LogP contribution is 2.27. The summed E-state index contributed by atoms with van der Waals surface area (Å²) in [6.07, 6.45) is 0.541. The predicted octanol–water partition coefficient (Wildman–Crippen LogP) is 3.34. The van der Waals surface area contributed by atoms with E-state index in [1.165, 1.54) is 12.1 Å². The van der Waals surface area contributed by atoms with E-state index in [9.17, 15) is 9.50 Å². The Balaban J connectivity index is 2.41. The third-order valence-corrected chi connectivity index (χ3v) is 2.96. The van der Waals surface area contributed by atoms with Crippen molar-refractivity contribution in [2.75, 3.05) is 0 Å². The zero-order valence-electron chi connectivity index (χ0n) is 10.1. The number of hydrogen-bond donors (Lipinski definition) is 1. The first-order chi connectivity index (χ1) is 8.50. The second kappa shape index (κ2) is 5.08. The fourth-order valence-electron chi connectivity index (χ4n) is 1.86. The van der Waals surface area contributed by atoms with Gasteiger partial charge in [0.05, 0.1) is 5.69 Å². The predicted molar refractivity (Wildman–Crippen MR) is 68.1 cm³/mol. The Morgan fingerprint density at radius 3 is 2.67 bits per heavy atom. The second-order valence-corrected chi connectivity index (χ2v) is 4.80. The summed E-state index contributed by atoms with van der Waals surface area (Å²) in [6, 6.07) is 6.01. The third-order valence-electron chi connectivity index (χ3n) is 2.73. The number of rotatable bonds is 3. The largest absolute Gasteiger partial charge is 0.382 e. The van der Waals surface area contributed by atoms with Crippen LogP contribution in [0.4, 0.5) is 4.39 Å². The van der Waals surface area contributed by atoms with Crippen molar-refractivity contribution in [3.63, 3.8) is 0 Å². The molecule has 0 radical (unpaired) electrons. The zero-order valence-corrected chi connectivity index (χ0v) is 10.9. The number of aliphatic hydroxyl groups excluding tert-OH is 1. The van der Waals surface area contributed by atoms with Crippen molar-refractivity contribution in [2.45, 2.75) is 26.0 Å². The molecule has 0 amide bonds. The normalized spacial score (nSPS) is 13.0. The lowest BCUT2D eigenvalue weighted by atomic mass is 10.1. The molecule has 1 unspecified atom stereocenters. The Hall–Kier alpha value is -1.39. The standard InChI is InChI=1S/C13H14ClFN2O/c1-8(2)17-12(5-6-16-17)13(18)10-4-3-9(14)7-11(10)15/h3-8,13,18H,1-2H3. The molecule has 2 rings (SSSR count). The molecule has 1 aromatic carbocycles. The van der Waals surface area contributed by atoms with Gasteiger partial charge in [-0.25, -0.2) is 4.39 Å². The molecule has 0 saturated carbocycles. The van der Waals surface area contributed by atoms with E-state index in [1.807, 2.05) is 13.8 Å². The van der Waals surface area contributed by atoms with E-state index >= 15 is 0 Å². The Morgan fingerprint density at radius 2 is 2.06 bits per heavy atom. The molecule has 0 aliphatic carbocycles. The maximum absolute atomic E-state index is 13.8. The van der Waals surface area contributed by atoms with Gasteiger partial charge in [0.2, 0.25) is 0 Å². The molecule has 1 heterocycles. The molecule has 0 fully saturated rings. The van der Waals surface area contributed by atoms with E-state index < -0.39 is 11.9 Å². The molecule has 0 aliphatic heterocycles. The summed E-state index contributed by atoms with van der Waals surface area (Å²) in [4.78, 5) is 0. The van der Waals surface area contributed by atoms with Crippen LogP contribution in [0.25, 0.3) is 0 Å². The number of halogens is 2. The maximum atomic E-state index is 13.8. The third kappa shape index (κ3) is 2.40. The van der Waals surface area contributed by atoms with E-state index in [-0.39, 0.29) is 11.6 Å². The number of nitrogens with zero attached hydrogens (tertiary/aromatic N) is 2. The van der Waals surface area contributed by atoms with Gasteiger partial charge in [0, 0.05) is 22.8 Å². The van der Waals surface area contributed by atoms with Gasteiger partial charge >= 0.3 is 0 Å². The number of aliphatic hydroxyl groups is 1. The summed E-state index contributed by atoms with van der Waals surface area (Å²) in [7, 11) is 0. The molecular weight excluding hydrogens is 255 g/mol. The summed E-state index contributed by atoms with van der Waals surface area (Å²) in [5, 5.41) is 14.7. The first kappa shape index (κ1) is 13.1. The highest BCUT2D eigenvalue weighted by molar-refractivity contribution is 6.30. The van der Waals surface area contributed by atoms with Crippen LogP contribution in [0, 0.1) is 5.82 Å². The maximum Gasteiger partial charge on any atom is 0.130 e. The molecule has 3 nitrogen and oxygen atoms in total. The number of benzene rings is 1. The average Bonchev–Trinajstić information content (AvgIpc) is 2.77. The van der Waals surface area contributed by atoms with Crippen molar-refractivity contribution in [2.24, 2.45) is 0 Å². The van der Waals surface area contributed by atoms with E-state index in [0.29, 0.717) is 10.7 Å². The highest BCUT2D eigenvalue weighted by atomic mass is 35.5. The molecule has 0 saturated heterocycles. The quantitative estimate of drug-likeness (QED) is 0.927. The molecule has 0 aliphatic rings. The van der Waals surface area contributed by atoms with Crippen molar-refractivity contribution >= 4 is 11.6 Å². The van der Waals surface area contributed by atoms with Gasteiger partial charge in [0.25, 0.3) is 0 Å². The van der Waals surface area contributed by atoms with Crippen LogP contribution in [0.5, 0.6) is 0 Å². The molecule has 1 N–H and O–H groups in total. The van der Waals surface area contributed by atoms with Gasteiger partial charge in [-0.2, -0.15) is 5.10 Å². The van der Waals surface area contributed by atoms with Crippen LogP contribution in [0.1, 0.15) is 37.3 Å². The Labute approximate surface area is 110 Å². The van der Waals surface area contributed by atoms with E-state index in [4.69, 9.17) is 11.6 Å². The molecule has 1 aromatic heterocycles. The summed E-state index contributed by atoms with van der Waals surface area (Å²) in [6.45, 7) is 3.89. The van der Waals surface area contributed by atoms with Gasteiger partial charge in [0.1, 0.15) is 11.9 Å². The molecule has 1 atom stereocenters. The molecular formula is C13H14ClFN2O. The SMILES string of the molecule is CC(C)n1nccc1C(O)c1ccc(Cl)cc1F. The monoisotopic (exact) mass is 268 g/mol. The van der Waals surface area contributed by atoms with Gasteiger partial charge in [-0.3, -0.25) is 4.68 Å². The fraction of sp³-hybridized carbons (Fsp3) is 0.308. The van der Waals surface area contributed by atoms with E-state index in [1.54, 1.807) is 23.0 Å². The number of aromatic nitrogens is 2. The van der Waals surface area contributed by atoms with Crippen LogP contribution in [-0.4, -0.2) is 14.9 Å². The Morgan fingerprint density at radius 1 is 1.33 bits per heavy atom. The van der Waals surface area contributed by atoms with Crippen molar-refractivity contribution in [1.82, 2.24) is 9.78 Å². The van der Waals surface area contributed by atoms with Crippen LogP contribution in [-0.2, 0) is 0 Å². The minimum absolute atomic E-state index is 0.0972. The van der Waals surface area contributed by atoms with E-state index in [0.717, 1.165) is 0 Å². The van der Waals surface area contributed by atoms with Gasteiger partial charge in [-0.05, 0) is 32.0 Å². The van der Waals surface area contributed by atoms with Crippen molar-refractivity contribution in [1.29, 1.82) is 0 Å². The average molecular weight is 269 g/mol. The molecule has 96 valence electrons. The number of hydrogen-bond acceptors (Lipinski definition) is 2. The summed E-state index contributed by atoms with van der Waals surface area (Å²) in [5.74, 6) is -0.522. The molecule has 5 heteroatoms. The van der Waals surface area contributed by atoms with Crippen LogP contribution < -0.4 is 0 Å². The minimum atomic E-state index is -1.05. The lowest BCUT2D eigenvalue weighted by Crippen LogP contribution is -2.13. The fourth-order valence-corrected chi connectivity index (χ4v) is 2.01. The van der Waals surface area contributed by atoms with Crippen LogP contribution in [0.15, 0.2) is 30.5 Å². The highest BCUT2D eigenvalue weighted by Gasteiger charge is 2.20. The summed E-state index contributed by atoms with van der Waals surface area (Å²) in [5.41, 5.74) is 0.757. The minimum Gasteiger partial charge on any atom is -0.382 e. The smallest absolute Gasteiger partial charge is 0.130 e. The lowest BCUT2D eigenvalue weighted by Gasteiger charge is -2.16. The molecule has 0 bridgehead atoms. The van der Waals surface area contributed by atoms with Crippen LogP contribution >= 0.6 is 11.6 Å². The van der Waals surface area contributed by atoms with Gasteiger partial charge in [-0.1, -0.05) is 17.7 Å². The van der Waals surface area contributed by atoms with Crippen molar-refractivity contribution < 1.29 is 9.50 Å². The van der Waals surface area contributed by atoms with Gasteiger partial charge in [0.15, 0.2) is 0 Å². The zero-order chi connectivity index (χ0) is 13.3. The second-order valence-electron chi connectivity index (χ2n) is 4.36. The van der Waals surface area contributed by atoms with Crippen LogP contribution in [0.3, 0.4) is 0 Å². The molecule has 2 aromatic rings. The van der Waals surface area contributed by atoms with Gasteiger partial charge in [-0.15, -0.1) is 0 Å².